The Morgan fingerprint density at radius 3 is 2.62 bits per heavy atom. The van der Waals surface area contributed by atoms with E-state index in [1.807, 2.05) is 12.5 Å². The van der Waals surface area contributed by atoms with Crippen LogP contribution in [0.5, 0.6) is 0 Å². The van der Waals surface area contributed by atoms with Gasteiger partial charge in [0.05, 0.1) is 5.02 Å². The van der Waals surface area contributed by atoms with Crippen LogP contribution in [0.3, 0.4) is 0 Å². The molecule has 3 nitrogen and oxygen atoms in total. The van der Waals surface area contributed by atoms with E-state index in [0.717, 1.165) is 28.4 Å². The molecule has 1 aliphatic rings. The summed E-state index contributed by atoms with van der Waals surface area (Å²) in [6.45, 7) is 0. The number of nitrogens with zero attached hydrogens (tertiary/aromatic N) is 1. The molecule has 0 atom stereocenters. The molecule has 21 heavy (non-hydrogen) atoms. The van der Waals surface area contributed by atoms with Crippen LogP contribution in [0.2, 0.25) is 5.02 Å². The van der Waals surface area contributed by atoms with Gasteiger partial charge in [0.1, 0.15) is 5.76 Å². The van der Waals surface area contributed by atoms with Gasteiger partial charge in [0.15, 0.2) is 5.69 Å². The fourth-order valence-corrected chi connectivity index (χ4v) is 4.38. The van der Waals surface area contributed by atoms with Gasteiger partial charge in [-0.1, -0.05) is 16.8 Å². The SMILES string of the molecule is CSc1c(Cl)ccc(C(=O)c2cc(C3CC3)on2)c1SC. The third kappa shape index (κ3) is 2.87. The molecule has 1 heterocycles. The van der Waals surface area contributed by atoms with E-state index in [1.54, 1.807) is 30.0 Å². The third-order valence-corrected chi connectivity index (χ3v) is 5.68. The summed E-state index contributed by atoms with van der Waals surface area (Å²) in [6.07, 6.45) is 6.14. The Hall–Kier alpha value is -0.910. The van der Waals surface area contributed by atoms with E-state index < -0.39 is 0 Å². The first kappa shape index (κ1) is 15.0. The molecule has 0 bridgehead atoms. The molecule has 0 spiro atoms. The zero-order chi connectivity index (χ0) is 15.0. The van der Waals surface area contributed by atoms with E-state index in [4.69, 9.17) is 16.1 Å². The molecule has 0 aliphatic heterocycles. The van der Waals surface area contributed by atoms with Crippen LogP contribution in [0.1, 0.15) is 40.6 Å². The average molecular weight is 340 g/mol. The highest BCUT2D eigenvalue weighted by Gasteiger charge is 2.29. The maximum atomic E-state index is 12.7. The molecule has 1 aliphatic carbocycles. The van der Waals surface area contributed by atoms with Crippen molar-refractivity contribution < 1.29 is 9.32 Å². The molecule has 1 saturated carbocycles. The number of rotatable bonds is 5. The van der Waals surface area contributed by atoms with E-state index in [2.05, 4.69) is 5.16 Å². The fraction of sp³-hybridized carbons (Fsp3) is 0.333. The van der Waals surface area contributed by atoms with Crippen molar-refractivity contribution in [1.29, 1.82) is 0 Å². The molecule has 110 valence electrons. The van der Waals surface area contributed by atoms with Crippen molar-refractivity contribution in [3.8, 4) is 0 Å². The lowest BCUT2D eigenvalue weighted by molar-refractivity contribution is 0.102. The lowest BCUT2D eigenvalue weighted by Crippen LogP contribution is -2.04. The van der Waals surface area contributed by atoms with Gasteiger partial charge >= 0.3 is 0 Å². The molecule has 2 aromatic rings. The minimum absolute atomic E-state index is 0.109. The molecule has 0 radical (unpaired) electrons. The van der Waals surface area contributed by atoms with Crippen molar-refractivity contribution in [2.45, 2.75) is 28.6 Å². The summed E-state index contributed by atoms with van der Waals surface area (Å²) in [5, 5.41) is 4.60. The molecular formula is C15H14ClNO2S2. The summed E-state index contributed by atoms with van der Waals surface area (Å²) in [6, 6.07) is 5.31. The summed E-state index contributed by atoms with van der Waals surface area (Å²) in [5.41, 5.74) is 1.01. The highest BCUT2D eigenvalue weighted by Crippen LogP contribution is 2.41. The standard InChI is InChI=1S/C15H14ClNO2S2/c1-20-14-9(5-6-10(16)15(14)21-2)13(18)11-7-12(19-17-11)8-3-4-8/h5-8H,3-4H2,1-2H3. The smallest absolute Gasteiger partial charge is 0.216 e. The fourth-order valence-electron chi connectivity index (χ4n) is 2.20. The summed E-state index contributed by atoms with van der Waals surface area (Å²) in [4.78, 5) is 14.5. The Labute approximate surface area is 136 Å². The summed E-state index contributed by atoms with van der Waals surface area (Å²) >= 11 is 9.27. The van der Waals surface area contributed by atoms with Crippen molar-refractivity contribution in [3.05, 3.63) is 40.2 Å². The van der Waals surface area contributed by atoms with Crippen molar-refractivity contribution in [2.24, 2.45) is 0 Å². The number of thioether (sulfide) groups is 2. The molecule has 3 rings (SSSR count). The van der Waals surface area contributed by atoms with Gasteiger partial charge in [-0.25, -0.2) is 0 Å². The largest absolute Gasteiger partial charge is 0.360 e. The topological polar surface area (TPSA) is 43.1 Å². The number of carbonyl (C=O) groups is 1. The van der Waals surface area contributed by atoms with Gasteiger partial charge < -0.3 is 4.52 Å². The lowest BCUT2D eigenvalue weighted by Gasteiger charge is -2.11. The molecule has 6 heteroatoms. The molecule has 0 saturated heterocycles. The normalized spacial score (nSPS) is 14.4. The maximum Gasteiger partial charge on any atom is 0.216 e. The predicted molar refractivity (Wildman–Crippen MR) is 86.9 cm³/mol. The number of halogens is 1. The van der Waals surface area contributed by atoms with Crippen LogP contribution in [-0.2, 0) is 0 Å². The second kappa shape index (κ2) is 6.07. The van der Waals surface area contributed by atoms with Gasteiger partial charge in [-0.15, -0.1) is 23.5 Å². The van der Waals surface area contributed by atoms with Crippen LogP contribution >= 0.6 is 35.1 Å². The molecule has 0 N–H and O–H groups in total. The Kier molecular flexibility index (Phi) is 4.33. The Morgan fingerprint density at radius 2 is 2.00 bits per heavy atom. The van der Waals surface area contributed by atoms with E-state index in [0.29, 0.717) is 22.2 Å². The molecule has 0 amide bonds. The van der Waals surface area contributed by atoms with Crippen LogP contribution < -0.4 is 0 Å². The number of hydrogen-bond acceptors (Lipinski definition) is 5. The second-order valence-corrected chi connectivity index (χ2v) is 6.92. The number of carbonyl (C=O) groups excluding carboxylic acids is 1. The first-order valence-electron chi connectivity index (χ1n) is 6.57. The predicted octanol–water partition coefficient (Wildman–Crippen LogP) is 4.88. The molecule has 0 unspecified atom stereocenters. The van der Waals surface area contributed by atoms with Gasteiger partial charge in [-0.3, -0.25) is 4.79 Å². The Morgan fingerprint density at radius 1 is 1.29 bits per heavy atom. The minimum atomic E-state index is -0.109. The number of benzene rings is 1. The lowest BCUT2D eigenvalue weighted by atomic mass is 10.1. The zero-order valence-corrected chi connectivity index (χ0v) is 14.1. The van der Waals surface area contributed by atoms with Gasteiger partial charge in [-0.05, 0) is 37.5 Å². The van der Waals surface area contributed by atoms with E-state index in [9.17, 15) is 4.79 Å². The zero-order valence-electron chi connectivity index (χ0n) is 11.7. The molecule has 1 aromatic heterocycles. The Bertz CT molecular complexity index is 695. The first-order chi connectivity index (χ1) is 10.2. The molecular weight excluding hydrogens is 326 g/mol. The van der Waals surface area contributed by atoms with Crippen LogP contribution in [0.4, 0.5) is 0 Å². The van der Waals surface area contributed by atoms with Crippen molar-refractivity contribution in [3.63, 3.8) is 0 Å². The van der Waals surface area contributed by atoms with Crippen LogP contribution in [-0.4, -0.2) is 23.5 Å². The van der Waals surface area contributed by atoms with E-state index >= 15 is 0 Å². The number of ketones is 1. The molecule has 1 fully saturated rings. The van der Waals surface area contributed by atoms with Gasteiger partial charge in [-0.2, -0.15) is 0 Å². The Balaban J connectivity index is 2.00. The van der Waals surface area contributed by atoms with Gasteiger partial charge in [0.25, 0.3) is 0 Å². The van der Waals surface area contributed by atoms with Crippen LogP contribution in [0, 0.1) is 0 Å². The number of aromatic nitrogens is 1. The highest BCUT2D eigenvalue weighted by atomic mass is 35.5. The maximum absolute atomic E-state index is 12.7. The summed E-state index contributed by atoms with van der Waals surface area (Å²) in [7, 11) is 0. The van der Waals surface area contributed by atoms with E-state index in [-0.39, 0.29) is 5.78 Å². The average Bonchev–Trinajstić information content (AvgIpc) is 3.23. The van der Waals surface area contributed by atoms with Crippen molar-refractivity contribution in [2.75, 3.05) is 12.5 Å². The minimum Gasteiger partial charge on any atom is -0.360 e. The quantitative estimate of drug-likeness (QED) is 0.573. The first-order valence-corrected chi connectivity index (χ1v) is 9.40. The third-order valence-electron chi connectivity index (χ3n) is 3.46. The summed E-state index contributed by atoms with van der Waals surface area (Å²) < 4.78 is 5.28. The van der Waals surface area contributed by atoms with Gasteiger partial charge in [0, 0.05) is 27.3 Å². The number of hydrogen-bond donors (Lipinski definition) is 0. The van der Waals surface area contributed by atoms with Crippen molar-refractivity contribution in [1.82, 2.24) is 5.16 Å². The van der Waals surface area contributed by atoms with Crippen LogP contribution in [0.25, 0.3) is 0 Å². The monoisotopic (exact) mass is 339 g/mol. The summed E-state index contributed by atoms with van der Waals surface area (Å²) in [5.74, 6) is 1.16. The second-order valence-electron chi connectivity index (χ2n) is 4.88. The van der Waals surface area contributed by atoms with Gasteiger partial charge in [0.2, 0.25) is 5.78 Å². The van der Waals surface area contributed by atoms with Crippen molar-refractivity contribution >= 4 is 40.9 Å². The molecule has 1 aromatic carbocycles. The van der Waals surface area contributed by atoms with E-state index in [1.165, 1.54) is 11.8 Å². The highest BCUT2D eigenvalue weighted by molar-refractivity contribution is 8.01. The van der Waals surface area contributed by atoms with Crippen LogP contribution in [0.15, 0.2) is 32.5 Å².